The van der Waals surface area contributed by atoms with Crippen LogP contribution in [-0.4, -0.2) is 18.2 Å². The van der Waals surface area contributed by atoms with Crippen molar-refractivity contribution >= 4 is 0 Å². The van der Waals surface area contributed by atoms with Crippen LogP contribution in [0.4, 0.5) is 0 Å². The topological polar surface area (TPSA) is 24.1 Å². The quantitative estimate of drug-likeness (QED) is 0.711. The van der Waals surface area contributed by atoms with Gasteiger partial charge in [-0.25, -0.2) is 0 Å². The zero-order valence-electron chi connectivity index (χ0n) is 10.9. The van der Waals surface area contributed by atoms with Gasteiger partial charge >= 0.3 is 0 Å². The summed E-state index contributed by atoms with van der Waals surface area (Å²) in [6, 6.07) is 1.52. The van der Waals surface area contributed by atoms with Crippen LogP contribution in [0.1, 0.15) is 46.5 Å². The van der Waals surface area contributed by atoms with Crippen LogP contribution in [0.15, 0.2) is 0 Å². The molecule has 6 atom stereocenters. The summed E-state index contributed by atoms with van der Waals surface area (Å²) in [5.41, 5.74) is 0. The summed E-state index contributed by atoms with van der Waals surface area (Å²) in [4.78, 5) is 0. The lowest BCUT2D eigenvalue weighted by atomic mass is 9.71. The first-order valence-corrected chi connectivity index (χ1v) is 7.20. The summed E-state index contributed by atoms with van der Waals surface area (Å²) in [6.07, 6.45) is 6.41. The van der Waals surface area contributed by atoms with Crippen LogP contribution < -0.4 is 10.6 Å². The van der Waals surface area contributed by atoms with Gasteiger partial charge < -0.3 is 0 Å². The molecule has 0 bridgehead atoms. The van der Waals surface area contributed by atoms with Gasteiger partial charge in [0.2, 0.25) is 0 Å². The maximum absolute atomic E-state index is 3.86. The number of nitrogens with one attached hydrogen (secondary N) is 2. The van der Waals surface area contributed by atoms with Crippen LogP contribution in [0.25, 0.3) is 0 Å². The standard InChI is InChI=1S/C14H26N2/c1-8(2)12-9(3)15-14-13(12)10-6-4-5-7-11(10)16-14/h8-16H,4-7H2,1-3H3. The van der Waals surface area contributed by atoms with Crippen molar-refractivity contribution < 1.29 is 0 Å². The lowest BCUT2D eigenvalue weighted by Gasteiger charge is -2.34. The third kappa shape index (κ3) is 1.53. The largest absolute Gasteiger partial charge is 0.299 e. The van der Waals surface area contributed by atoms with E-state index in [1.807, 2.05) is 0 Å². The lowest BCUT2D eigenvalue weighted by Crippen LogP contribution is -2.42. The predicted molar refractivity (Wildman–Crippen MR) is 67.1 cm³/mol. The molecule has 92 valence electrons. The monoisotopic (exact) mass is 222 g/mol. The maximum Gasteiger partial charge on any atom is 0.0611 e. The molecule has 1 aliphatic carbocycles. The van der Waals surface area contributed by atoms with Crippen molar-refractivity contribution in [2.45, 2.75) is 64.7 Å². The van der Waals surface area contributed by atoms with Crippen molar-refractivity contribution in [1.29, 1.82) is 0 Å². The molecule has 0 aromatic carbocycles. The Morgan fingerprint density at radius 3 is 2.56 bits per heavy atom. The van der Waals surface area contributed by atoms with E-state index in [0.717, 1.165) is 29.7 Å². The Hall–Kier alpha value is -0.0800. The molecule has 3 rings (SSSR count). The fourth-order valence-electron chi connectivity index (χ4n) is 4.83. The SMILES string of the molecule is CC(C)C1C(C)NC2NC3CCCCC3C21. The number of fused-ring (bicyclic) bond motifs is 3. The van der Waals surface area contributed by atoms with Gasteiger partial charge in [0, 0.05) is 12.1 Å². The molecule has 2 heteroatoms. The van der Waals surface area contributed by atoms with Crippen molar-refractivity contribution in [3.05, 3.63) is 0 Å². The van der Waals surface area contributed by atoms with Gasteiger partial charge in [-0.3, -0.25) is 10.6 Å². The highest BCUT2D eigenvalue weighted by Gasteiger charge is 2.53. The van der Waals surface area contributed by atoms with E-state index < -0.39 is 0 Å². The molecule has 2 N–H and O–H groups in total. The second-order valence-corrected chi connectivity index (χ2v) is 6.55. The minimum atomic E-state index is 0.621. The van der Waals surface area contributed by atoms with Crippen LogP contribution in [0.2, 0.25) is 0 Å². The summed E-state index contributed by atoms with van der Waals surface area (Å²) in [6.45, 7) is 7.19. The maximum atomic E-state index is 3.86. The third-order valence-corrected chi connectivity index (χ3v) is 5.33. The molecule has 3 aliphatic rings. The fraction of sp³-hybridized carbons (Fsp3) is 1.00. The van der Waals surface area contributed by atoms with Crippen LogP contribution in [0.5, 0.6) is 0 Å². The Morgan fingerprint density at radius 1 is 1.06 bits per heavy atom. The smallest absolute Gasteiger partial charge is 0.0611 e. The van der Waals surface area contributed by atoms with Gasteiger partial charge in [0.1, 0.15) is 0 Å². The van der Waals surface area contributed by atoms with E-state index in [0.29, 0.717) is 12.2 Å². The highest BCUT2D eigenvalue weighted by atomic mass is 15.2. The Bertz CT molecular complexity index is 263. The second-order valence-electron chi connectivity index (χ2n) is 6.55. The van der Waals surface area contributed by atoms with E-state index in [-0.39, 0.29) is 0 Å². The van der Waals surface area contributed by atoms with E-state index in [1.54, 1.807) is 0 Å². The highest BCUT2D eigenvalue weighted by Crippen LogP contribution is 2.47. The molecule has 2 aliphatic heterocycles. The van der Waals surface area contributed by atoms with Gasteiger partial charge in [-0.1, -0.05) is 26.7 Å². The third-order valence-electron chi connectivity index (χ3n) is 5.33. The van der Waals surface area contributed by atoms with E-state index in [9.17, 15) is 0 Å². The summed E-state index contributed by atoms with van der Waals surface area (Å²) in [5, 5.41) is 7.65. The van der Waals surface area contributed by atoms with Crippen molar-refractivity contribution in [2.24, 2.45) is 23.7 Å². The predicted octanol–water partition coefficient (Wildman–Crippen LogP) is 2.35. The molecule has 3 fully saturated rings. The van der Waals surface area contributed by atoms with E-state index >= 15 is 0 Å². The van der Waals surface area contributed by atoms with Crippen molar-refractivity contribution in [1.82, 2.24) is 10.6 Å². The van der Waals surface area contributed by atoms with Crippen LogP contribution in [-0.2, 0) is 0 Å². The first-order chi connectivity index (χ1) is 7.68. The molecule has 0 radical (unpaired) electrons. The lowest BCUT2D eigenvalue weighted by molar-refractivity contribution is 0.180. The molecule has 2 saturated heterocycles. The fourth-order valence-corrected chi connectivity index (χ4v) is 4.83. The molecule has 0 amide bonds. The first-order valence-electron chi connectivity index (χ1n) is 7.20. The number of rotatable bonds is 1. The Kier molecular flexibility index (Phi) is 2.75. The molecule has 0 aromatic heterocycles. The average molecular weight is 222 g/mol. The molecule has 2 heterocycles. The Morgan fingerprint density at radius 2 is 1.81 bits per heavy atom. The van der Waals surface area contributed by atoms with E-state index in [4.69, 9.17) is 0 Å². The molecular weight excluding hydrogens is 196 g/mol. The molecule has 2 nitrogen and oxygen atoms in total. The summed E-state index contributed by atoms with van der Waals surface area (Å²) in [5.74, 6) is 3.56. The van der Waals surface area contributed by atoms with Crippen LogP contribution in [0, 0.1) is 23.7 Å². The molecular formula is C14H26N2. The molecule has 0 spiro atoms. The molecule has 6 unspecified atom stereocenters. The zero-order chi connectivity index (χ0) is 11.3. The van der Waals surface area contributed by atoms with Gasteiger partial charge in [0.05, 0.1) is 6.17 Å². The van der Waals surface area contributed by atoms with Gasteiger partial charge in [-0.2, -0.15) is 0 Å². The van der Waals surface area contributed by atoms with E-state index in [2.05, 4.69) is 31.4 Å². The molecule has 1 saturated carbocycles. The van der Waals surface area contributed by atoms with Crippen molar-refractivity contribution in [3.63, 3.8) is 0 Å². The minimum Gasteiger partial charge on any atom is -0.299 e. The summed E-state index contributed by atoms with van der Waals surface area (Å²) in [7, 11) is 0. The summed E-state index contributed by atoms with van der Waals surface area (Å²) >= 11 is 0. The second kappa shape index (κ2) is 3.99. The number of hydrogen-bond donors (Lipinski definition) is 2. The summed E-state index contributed by atoms with van der Waals surface area (Å²) < 4.78 is 0. The van der Waals surface area contributed by atoms with Crippen LogP contribution >= 0.6 is 0 Å². The van der Waals surface area contributed by atoms with Crippen molar-refractivity contribution in [2.75, 3.05) is 0 Å². The number of hydrogen-bond acceptors (Lipinski definition) is 2. The van der Waals surface area contributed by atoms with Gasteiger partial charge in [0.25, 0.3) is 0 Å². The Labute approximate surface area is 99.6 Å². The van der Waals surface area contributed by atoms with Crippen molar-refractivity contribution in [3.8, 4) is 0 Å². The van der Waals surface area contributed by atoms with E-state index in [1.165, 1.54) is 25.7 Å². The Balaban J connectivity index is 1.83. The van der Waals surface area contributed by atoms with Gasteiger partial charge in [-0.15, -0.1) is 0 Å². The zero-order valence-corrected chi connectivity index (χ0v) is 10.9. The van der Waals surface area contributed by atoms with Gasteiger partial charge in [-0.05, 0) is 43.4 Å². The van der Waals surface area contributed by atoms with Gasteiger partial charge in [0.15, 0.2) is 0 Å². The normalized spacial score (nSPS) is 51.8. The molecule has 16 heavy (non-hydrogen) atoms. The average Bonchev–Trinajstić information content (AvgIpc) is 2.71. The minimum absolute atomic E-state index is 0.621. The van der Waals surface area contributed by atoms with Crippen LogP contribution in [0.3, 0.4) is 0 Å². The highest BCUT2D eigenvalue weighted by molar-refractivity contribution is 5.07. The molecule has 0 aromatic rings. The first kappa shape index (κ1) is 11.0.